The molecule has 0 fully saturated rings. The third-order valence-corrected chi connectivity index (χ3v) is 4.25. The monoisotopic (exact) mass is 467 g/mol. The van der Waals surface area contributed by atoms with E-state index in [0.29, 0.717) is 5.69 Å². The van der Waals surface area contributed by atoms with Crippen molar-refractivity contribution in [3.8, 4) is 0 Å². The lowest BCUT2D eigenvalue weighted by Crippen LogP contribution is -2.07. The van der Waals surface area contributed by atoms with E-state index in [2.05, 4.69) is 43.8 Å². The van der Waals surface area contributed by atoms with Gasteiger partial charge in [0.1, 0.15) is 5.56 Å². The van der Waals surface area contributed by atoms with Gasteiger partial charge in [-0.2, -0.15) is 0 Å². The minimum absolute atomic E-state index is 0.0161. The van der Waals surface area contributed by atoms with E-state index in [-0.39, 0.29) is 11.3 Å². The van der Waals surface area contributed by atoms with Crippen molar-refractivity contribution in [1.82, 2.24) is 0 Å². The molecule has 0 saturated carbocycles. The molecule has 0 aliphatic carbocycles. The Morgan fingerprint density at radius 3 is 2.52 bits per heavy atom. The van der Waals surface area contributed by atoms with Crippen molar-refractivity contribution < 1.29 is 18.7 Å². The Balaban J connectivity index is 2.56. The fourth-order valence-corrected chi connectivity index (χ4v) is 3.03. The lowest BCUT2D eigenvalue weighted by Gasteiger charge is -2.14. The third kappa shape index (κ3) is 3.34. The van der Waals surface area contributed by atoms with Gasteiger partial charge in [-0.15, -0.1) is 0 Å². The molecule has 7 heteroatoms. The molecule has 2 aromatic rings. The van der Waals surface area contributed by atoms with E-state index in [9.17, 15) is 18.7 Å². The van der Waals surface area contributed by atoms with E-state index in [1.165, 1.54) is 0 Å². The summed E-state index contributed by atoms with van der Waals surface area (Å²) in [6.45, 7) is 1.83. The summed E-state index contributed by atoms with van der Waals surface area (Å²) in [7, 11) is 0. The summed E-state index contributed by atoms with van der Waals surface area (Å²) >= 11 is 4.94. The SMILES string of the molecule is Cc1cc(I)ccc1Nc1cc(F)c(F)c(Br)c1C(=O)O. The maximum absolute atomic E-state index is 13.5. The maximum Gasteiger partial charge on any atom is 0.339 e. The van der Waals surface area contributed by atoms with Crippen LogP contribution < -0.4 is 5.32 Å². The number of carboxylic acids is 1. The van der Waals surface area contributed by atoms with E-state index in [4.69, 9.17) is 0 Å². The van der Waals surface area contributed by atoms with Gasteiger partial charge in [-0.05, 0) is 69.2 Å². The number of carbonyl (C=O) groups is 1. The van der Waals surface area contributed by atoms with Gasteiger partial charge in [0.05, 0.1) is 10.2 Å². The molecule has 0 amide bonds. The molecule has 110 valence electrons. The summed E-state index contributed by atoms with van der Waals surface area (Å²) in [6.07, 6.45) is 0. The zero-order valence-corrected chi connectivity index (χ0v) is 14.4. The molecular formula is C14H9BrF2INO2. The van der Waals surface area contributed by atoms with Crippen LogP contribution in [0, 0.1) is 22.1 Å². The van der Waals surface area contributed by atoms with Gasteiger partial charge in [-0.1, -0.05) is 0 Å². The standard InChI is InChI=1S/C14H9BrF2INO2/c1-6-4-7(18)2-3-9(6)19-10-5-8(16)13(17)12(15)11(10)14(20)21/h2-5,19H,1H3,(H,20,21). The summed E-state index contributed by atoms with van der Waals surface area (Å²) in [4.78, 5) is 11.3. The number of hydrogen-bond donors (Lipinski definition) is 2. The highest BCUT2D eigenvalue weighted by molar-refractivity contribution is 14.1. The number of halogens is 4. The van der Waals surface area contributed by atoms with Crippen LogP contribution >= 0.6 is 38.5 Å². The second kappa shape index (κ2) is 6.27. The fourth-order valence-electron chi connectivity index (χ4n) is 1.82. The van der Waals surface area contributed by atoms with Gasteiger partial charge < -0.3 is 10.4 Å². The van der Waals surface area contributed by atoms with Crippen molar-refractivity contribution >= 4 is 55.9 Å². The smallest absolute Gasteiger partial charge is 0.339 e. The van der Waals surface area contributed by atoms with Crippen molar-refractivity contribution in [2.75, 3.05) is 5.32 Å². The molecule has 0 aliphatic rings. The van der Waals surface area contributed by atoms with Crippen LogP contribution in [0.1, 0.15) is 15.9 Å². The second-order valence-corrected chi connectivity index (χ2v) is 6.34. The van der Waals surface area contributed by atoms with Gasteiger partial charge >= 0.3 is 5.97 Å². The summed E-state index contributed by atoms with van der Waals surface area (Å²) in [6, 6.07) is 6.29. The number of nitrogens with one attached hydrogen (secondary N) is 1. The number of hydrogen-bond acceptors (Lipinski definition) is 2. The molecule has 2 rings (SSSR count). The fraction of sp³-hybridized carbons (Fsp3) is 0.0714. The normalized spacial score (nSPS) is 10.5. The number of anilines is 2. The molecule has 0 saturated heterocycles. The van der Waals surface area contributed by atoms with Gasteiger partial charge in [-0.3, -0.25) is 0 Å². The predicted molar refractivity (Wildman–Crippen MR) is 88.2 cm³/mol. The van der Waals surface area contributed by atoms with Crippen LogP contribution in [0.3, 0.4) is 0 Å². The van der Waals surface area contributed by atoms with E-state index < -0.39 is 22.1 Å². The topological polar surface area (TPSA) is 49.3 Å². The molecule has 0 aromatic heterocycles. The van der Waals surface area contributed by atoms with Crippen LogP contribution in [0.25, 0.3) is 0 Å². The Labute approximate surface area is 141 Å². The van der Waals surface area contributed by atoms with Crippen LogP contribution in [0.2, 0.25) is 0 Å². The molecule has 0 spiro atoms. The lowest BCUT2D eigenvalue weighted by molar-refractivity contribution is 0.0696. The quantitative estimate of drug-likeness (QED) is 0.488. The Bertz CT molecular complexity index is 737. The maximum atomic E-state index is 13.5. The molecule has 0 radical (unpaired) electrons. The first-order valence-electron chi connectivity index (χ1n) is 5.75. The largest absolute Gasteiger partial charge is 0.478 e. The van der Waals surface area contributed by atoms with Gasteiger partial charge in [0.25, 0.3) is 0 Å². The molecule has 0 aliphatic heterocycles. The van der Waals surface area contributed by atoms with E-state index >= 15 is 0 Å². The van der Waals surface area contributed by atoms with Crippen molar-refractivity contribution in [3.05, 3.63) is 55.1 Å². The first-order chi connectivity index (χ1) is 9.81. The summed E-state index contributed by atoms with van der Waals surface area (Å²) < 4.78 is 27.6. The van der Waals surface area contributed by atoms with E-state index in [0.717, 1.165) is 15.2 Å². The highest BCUT2D eigenvalue weighted by atomic mass is 127. The van der Waals surface area contributed by atoms with Gasteiger partial charge in [0.15, 0.2) is 11.6 Å². The molecular weight excluding hydrogens is 459 g/mol. The molecule has 0 atom stereocenters. The minimum Gasteiger partial charge on any atom is -0.478 e. The number of rotatable bonds is 3. The molecule has 2 aromatic carbocycles. The first-order valence-corrected chi connectivity index (χ1v) is 7.62. The van der Waals surface area contributed by atoms with Crippen LogP contribution in [-0.2, 0) is 0 Å². The molecule has 0 heterocycles. The second-order valence-electron chi connectivity index (χ2n) is 4.30. The molecule has 2 N–H and O–H groups in total. The Morgan fingerprint density at radius 1 is 1.29 bits per heavy atom. The number of carboxylic acid groups (broad SMARTS) is 1. The van der Waals surface area contributed by atoms with Crippen LogP contribution in [-0.4, -0.2) is 11.1 Å². The van der Waals surface area contributed by atoms with Crippen LogP contribution in [0.15, 0.2) is 28.7 Å². The van der Waals surface area contributed by atoms with Gasteiger partial charge in [0.2, 0.25) is 0 Å². The molecule has 0 bridgehead atoms. The zero-order chi connectivity index (χ0) is 15.7. The van der Waals surface area contributed by atoms with Gasteiger partial charge in [0, 0.05) is 15.3 Å². The Morgan fingerprint density at radius 2 is 1.95 bits per heavy atom. The summed E-state index contributed by atoms with van der Waals surface area (Å²) in [5.74, 6) is -3.71. The number of benzene rings is 2. The van der Waals surface area contributed by atoms with Crippen molar-refractivity contribution in [2.45, 2.75) is 6.92 Å². The summed E-state index contributed by atoms with van der Waals surface area (Å²) in [5, 5.41) is 12.0. The molecule has 21 heavy (non-hydrogen) atoms. The third-order valence-electron chi connectivity index (χ3n) is 2.83. The lowest BCUT2D eigenvalue weighted by atomic mass is 10.1. The van der Waals surface area contributed by atoms with E-state index in [1.807, 2.05) is 19.1 Å². The van der Waals surface area contributed by atoms with Gasteiger partial charge in [-0.25, -0.2) is 13.6 Å². The minimum atomic E-state index is -1.36. The number of aryl methyl sites for hydroxylation is 1. The number of aromatic carboxylic acids is 1. The highest BCUT2D eigenvalue weighted by Crippen LogP contribution is 2.33. The first kappa shape index (κ1) is 16.2. The molecule has 0 unspecified atom stereocenters. The van der Waals surface area contributed by atoms with E-state index in [1.54, 1.807) is 6.07 Å². The van der Waals surface area contributed by atoms with Crippen LogP contribution in [0.4, 0.5) is 20.2 Å². The average Bonchev–Trinajstić information content (AvgIpc) is 2.39. The van der Waals surface area contributed by atoms with Crippen LogP contribution in [0.5, 0.6) is 0 Å². The highest BCUT2D eigenvalue weighted by Gasteiger charge is 2.22. The zero-order valence-electron chi connectivity index (χ0n) is 10.7. The summed E-state index contributed by atoms with van der Waals surface area (Å²) in [5.41, 5.74) is 1.11. The van der Waals surface area contributed by atoms with Crippen molar-refractivity contribution in [1.29, 1.82) is 0 Å². The average molecular weight is 468 g/mol. The van der Waals surface area contributed by atoms with Crippen molar-refractivity contribution in [2.24, 2.45) is 0 Å². The predicted octanol–water partition coefficient (Wildman–Crippen LogP) is 5.08. The molecule has 3 nitrogen and oxygen atoms in total. The Hall–Kier alpha value is -1.22. The Kier molecular flexibility index (Phi) is 4.82. The van der Waals surface area contributed by atoms with Crippen molar-refractivity contribution in [3.63, 3.8) is 0 Å².